The Labute approximate surface area is 86.8 Å². The number of hydrogen-bond acceptors (Lipinski definition) is 2. The molecule has 0 aliphatic heterocycles. The van der Waals surface area contributed by atoms with Crippen LogP contribution in [0.2, 0.25) is 0 Å². The van der Waals surface area contributed by atoms with Gasteiger partial charge in [-0.3, -0.25) is 0 Å². The fourth-order valence-electron chi connectivity index (χ4n) is 1.16. The van der Waals surface area contributed by atoms with Gasteiger partial charge in [-0.2, -0.15) is 10.5 Å². The molecule has 14 heavy (non-hydrogen) atoms. The Morgan fingerprint density at radius 1 is 1.21 bits per heavy atom. The summed E-state index contributed by atoms with van der Waals surface area (Å²) in [5, 5.41) is 17.0. The molecule has 0 fully saturated rings. The second-order valence-corrected chi connectivity index (χ2v) is 3.35. The minimum atomic E-state index is 0.172. The first-order valence-electron chi connectivity index (χ1n) is 5.26. The number of hydrogen-bond donors (Lipinski definition) is 0. The van der Waals surface area contributed by atoms with Crippen LogP contribution in [-0.2, 0) is 0 Å². The van der Waals surface area contributed by atoms with Crippen molar-refractivity contribution >= 4 is 0 Å². The summed E-state index contributed by atoms with van der Waals surface area (Å²) in [6, 6.07) is 4.40. The molecule has 0 rings (SSSR count). The summed E-state index contributed by atoms with van der Waals surface area (Å²) in [6.45, 7) is 2.04. The molecule has 76 valence electrons. The van der Waals surface area contributed by atoms with Gasteiger partial charge in [0.2, 0.25) is 0 Å². The lowest BCUT2D eigenvalue weighted by molar-refractivity contribution is 0.650. The van der Waals surface area contributed by atoms with E-state index in [4.69, 9.17) is 10.5 Å². The van der Waals surface area contributed by atoms with Crippen molar-refractivity contribution in [2.45, 2.75) is 45.4 Å². The van der Waals surface area contributed by atoms with Crippen molar-refractivity contribution in [1.29, 1.82) is 10.5 Å². The first kappa shape index (κ1) is 12.7. The van der Waals surface area contributed by atoms with Crippen LogP contribution in [0.25, 0.3) is 0 Å². The minimum absolute atomic E-state index is 0.172. The topological polar surface area (TPSA) is 47.6 Å². The third-order valence-electron chi connectivity index (χ3n) is 2.17. The third-order valence-corrected chi connectivity index (χ3v) is 2.17. The van der Waals surface area contributed by atoms with E-state index in [0.29, 0.717) is 6.42 Å². The van der Waals surface area contributed by atoms with Gasteiger partial charge in [0.05, 0.1) is 12.1 Å². The van der Waals surface area contributed by atoms with Crippen molar-refractivity contribution in [1.82, 2.24) is 0 Å². The summed E-state index contributed by atoms with van der Waals surface area (Å²) < 4.78 is 0. The molecule has 2 nitrogen and oxygen atoms in total. The summed E-state index contributed by atoms with van der Waals surface area (Å²) in [4.78, 5) is 0. The molecule has 0 spiro atoms. The molecule has 0 N–H and O–H groups in total. The summed E-state index contributed by atoms with van der Waals surface area (Å²) in [6.07, 6.45) is 9.75. The Morgan fingerprint density at radius 2 is 2.00 bits per heavy atom. The molecule has 1 atom stereocenters. The van der Waals surface area contributed by atoms with Gasteiger partial charge in [-0.15, -0.1) is 0 Å². The van der Waals surface area contributed by atoms with Gasteiger partial charge in [0.15, 0.2) is 0 Å². The standard InChI is InChI=1S/C12H18N2/c1-2-12(11-14)9-7-5-3-4-6-8-10-13/h5,7,12H,2-4,6,8-9H2,1H3. The van der Waals surface area contributed by atoms with E-state index in [9.17, 15) is 0 Å². The average molecular weight is 190 g/mol. The average Bonchev–Trinajstić information content (AvgIpc) is 2.22. The molecular weight excluding hydrogens is 172 g/mol. The smallest absolute Gasteiger partial charge is 0.0658 e. The maximum atomic E-state index is 8.68. The van der Waals surface area contributed by atoms with Crippen molar-refractivity contribution in [3.63, 3.8) is 0 Å². The number of nitrogens with zero attached hydrogens (tertiary/aromatic N) is 2. The highest BCUT2D eigenvalue weighted by Gasteiger charge is 1.99. The van der Waals surface area contributed by atoms with E-state index >= 15 is 0 Å². The van der Waals surface area contributed by atoms with Crippen LogP contribution in [-0.4, -0.2) is 0 Å². The minimum Gasteiger partial charge on any atom is -0.198 e. The highest BCUT2D eigenvalue weighted by Crippen LogP contribution is 2.08. The van der Waals surface area contributed by atoms with Gasteiger partial charge in [-0.05, 0) is 32.1 Å². The lowest BCUT2D eigenvalue weighted by atomic mass is 10.0. The lowest BCUT2D eigenvalue weighted by Crippen LogP contribution is -1.90. The predicted octanol–water partition coefficient (Wildman–Crippen LogP) is 3.57. The second-order valence-electron chi connectivity index (χ2n) is 3.35. The molecule has 0 heterocycles. The van der Waals surface area contributed by atoms with Gasteiger partial charge in [0.25, 0.3) is 0 Å². The van der Waals surface area contributed by atoms with Gasteiger partial charge in [-0.25, -0.2) is 0 Å². The zero-order valence-electron chi connectivity index (χ0n) is 8.87. The Balaban J connectivity index is 3.37. The van der Waals surface area contributed by atoms with Crippen LogP contribution in [0.15, 0.2) is 12.2 Å². The summed E-state index contributed by atoms with van der Waals surface area (Å²) >= 11 is 0. The molecule has 0 radical (unpaired) electrons. The van der Waals surface area contributed by atoms with E-state index in [1.165, 1.54) is 0 Å². The maximum Gasteiger partial charge on any atom is 0.0658 e. The van der Waals surface area contributed by atoms with Crippen LogP contribution in [0.5, 0.6) is 0 Å². The first-order chi connectivity index (χ1) is 6.85. The molecule has 0 aliphatic carbocycles. The van der Waals surface area contributed by atoms with Gasteiger partial charge >= 0.3 is 0 Å². The van der Waals surface area contributed by atoms with Crippen molar-refractivity contribution in [2.24, 2.45) is 5.92 Å². The van der Waals surface area contributed by atoms with Crippen molar-refractivity contribution in [3.05, 3.63) is 12.2 Å². The first-order valence-corrected chi connectivity index (χ1v) is 5.26. The van der Waals surface area contributed by atoms with Crippen LogP contribution in [0.4, 0.5) is 0 Å². The molecule has 0 aromatic heterocycles. The Hall–Kier alpha value is -1.28. The molecular formula is C12H18N2. The van der Waals surface area contributed by atoms with Crippen LogP contribution in [0.3, 0.4) is 0 Å². The summed E-state index contributed by atoms with van der Waals surface area (Å²) in [5.74, 6) is 0.172. The SMILES string of the molecule is CCC(C#N)CC=CCCCCC#N. The molecule has 0 aromatic rings. The van der Waals surface area contributed by atoms with Crippen LogP contribution < -0.4 is 0 Å². The van der Waals surface area contributed by atoms with E-state index in [0.717, 1.165) is 32.1 Å². The normalized spacial score (nSPS) is 12.2. The lowest BCUT2D eigenvalue weighted by Gasteiger charge is -1.99. The highest BCUT2D eigenvalue weighted by atomic mass is 14.3. The maximum absolute atomic E-state index is 8.68. The highest BCUT2D eigenvalue weighted by molar-refractivity contribution is 4.91. The van der Waals surface area contributed by atoms with E-state index in [1.54, 1.807) is 0 Å². The van der Waals surface area contributed by atoms with Crippen molar-refractivity contribution in [2.75, 3.05) is 0 Å². The molecule has 0 aromatic carbocycles. The molecule has 0 amide bonds. The number of nitriles is 2. The van der Waals surface area contributed by atoms with Gasteiger partial charge in [0, 0.05) is 12.3 Å². The quantitative estimate of drug-likeness (QED) is 0.455. The van der Waals surface area contributed by atoms with Crippen LogP contribution >= 0.6 is 0 Å². The second kappa shape index (κ2) is 9.81. The van der Waals surface area contributed by atoms with Crippen molar-refractivity contribution in [3.8, 4) is 12.1 Å². The molecule has 2 heteroatoms. The number of allylic oxidation sites excluding steroid dienone is 2. The van der Waals surface area contributed by atoms with E-state index in [1.807, 2.05) is 6.92 Å². The fourth-order valence-corrected chi connectivity index (χ4v) is 1.16. The third kappa shape index (κ3) is 7.37. The van der Waals surface area contributed by atoms with Crippen molar-refractivity contribution < 1.29 is 0 Å². The Bertz CT molecular complexity index is 230. The van der Waals surface area contributed by atoms with Crippen LogP contribution in [0.1, 0.15) is 45.4 Å². The monoisotopic (exact) mass is 190 g/mol. The zero-order valence-corrected chi connectivity index (χ0v) is 8.87. The number of unbranched alkanes of at least 4 members (excludes halogenated alkanes) is 3. The largest absolute Gasteiger partial charge is 0.198 e. The van der Waals surface area contributed by atoms with E-state index in [2.05, 4.69) is 24.3 Å². The molecule has 0 saturated heterocycles. The summed E-state index contributed by atoms with van der Waals surface area (Å²) in [7, 11) is 0. The molecule has 1 unspecified atom stereocenters. The zero-order chi connectivity index (χ0) is 10.6. The van der Waals surface area contributed by atoms with Gasteiger partial charge in [-0.1, -0.05) is 19.1 Å². The Kier molecular flexibility index (Phi) is 8.91. The summed E-state index contributed by atoms with van der Waals surface area (Å²) in [5.41, 5.74) is 0. The Morgan fingerprint density at radius 3 is 2.57 bits per heavy atom. The van der Waals surface area contributed by atoms with Crippen LogP contribution in [0, 0.1) is 28.6 Å². The predicted molar refractivity (Wildman–Crippen MR) is 57.2 cm³/mol. The van der Waals surface area contributed by atoms with Gasteiger partial charge < -0.3 is 0 Å². The fraction of sp³-hybridized carbons (Fsp3) is 0.667. The molecule has 0 bridgehead atoms. The van der Waals surface area contributed by atoms with Gasteiger partial charge in [0.1, 0.15) is 0 Å². The molecule has 0 aliphatic rings. The van der Waals surface area contributed by atoms with E-state index in [-0.39, 0.29) is 5.92 Å². The number of rotatable bonds is 7. The van der Waals surface area contributed by atoms with E-state index < -0.39 is 0 Å². The molecule has 0 saturated carbocycles.